The lowest BCUT2D eigenvalue weighted by Gasteiger charge is -2.40. The highest BCUT2D eigenvalue weighted by molar-refractivity contribution is 5.44. The molecular weight excluding hydrogens is 340 g/mol. The van der Waals surface area contributed by atoms with Crippen LogP contribution < -0.4 is 11.5 Å². The summed E-state index contributed by atoms with van der Waals surface area (Å²) in [5.41, 5.74) is 21.4. The molecule has 0 radical (unpaired) electrons. The smallest absolute Gasteiger partial charge is 0.0373 e. The summed E-state index contributed by atoms with van der Waals surface area (Å²) in [5, 5.41) is 0. The molecule has 2 aliphatic carbocycles. The molecule has 0 aromatic heterocycles. The summed E-state index contributed by atoms with van der Waals surface area (Å²) in [6.45, 7) is 21.7. The van der Waals surface area contributed by atoms with Gasteiger partial charge in [0.1, 0.15) is 0 Å². The van der Waals surface area contributed by atoms with Crippen LogP contribution in [0.3, 0.4) is 0 Å². The van der Waals surface area contributed by atoms with E-state index in [2.05, 4.69) is 66.9 Å². The van der Waals surface area contributed by atoms with Gasteiger partial charge in [0.25, 0.3) is 0 Å². The van der Waals surface area contributed by atoms with Crippen molar-refractivity contribution in [3.8, 4) is 0 Å². The van der Waals surface area contributed by atoms with Gasteiger partial charge in [0.15, 0.2) is 0 Å². The fourth-order valence-electron chi connectivity index (χ4n) is 5.03. The van der Waals surface area contributed by atoms with Gasteiger partial charge in [0.2, 0.25) is 0 Å². The lowest BCUT2D eigenvalue weighted by atomic mass is 9.64. The Labute approximate surface area is 172 Å². The van der Waals surface area contributed by atoms with E-state index in [0.29, 0.717) is 17.8 Å². The van der Waals surface area contributed by atoms with E-state index >= 15 is 0 Å². The molecular formula is C26H40N2. The van der Waals surface area contributed by atoms with Crippen molar-refractivity contribution in [3.05, 3.63) is 70.1 Å². The third kappa shape index (κ3) is 4.54. The van der Waals surface area contributed by atoms with Gasteiger partial charge in [0.05, 0.1) is 0 Å². The van der Waals surface area contributed by atoms with E-state index in [1.54, 1.807) is 0 Å². The Morgan fingerprint density at radius 2 is 1.68 bits per heavy atom. The van der Waals surface area contributed by atoms with Crippen LogP contribution >= 0.6 is 0 Å². The van der Waals surface area contributed by atoms with Crippen molar-refractivity contribution in [1.29, 1.82) is 0 Å². The molecule has 154 valence electrons. The number of nitrogens with two attached hydrogens (primary N) is 2. The van der Waals surface area contributed by atoms with Crippen molar-refractivity contribution in [2.24, 2.45) is 35.1 Å². The molecule has 1 fully saturated rings. The van der Waals surface area contributed by atoms with Crippen molar-refractivity contribution in [1.82, 2.24) is 0 Å². The molecule has 2 heteroatoms. The van der Waals surface area contributed by atoms with Crippen LogP contribution in [0.15, 0.2) is 70.1 Å². The average Bonchev–Trinajstić information content (AvgIpc) is 2.69. The number of allylic oxidation sites excluding steroid dienone is 8. The van der Waals surface area contributed by atoms with Crippen LogP contribution in [0.2, 0.25) is 0 Å². The monoisotopic (exact) mass is 380 g/mol. The van der Waals surface area contributed by atoms with Crippen LogP contribution in [0.4, 0.5) is 0 Å². The maximum absolute atomic E-state index is 6.53. The molecule has 4 N–H and O–H groups in total. The van der Waals surface area contributed by atoms with Crippen molar-refractivity contribution < 1.29 is 0 Å². The quantitative estimate of drug-likeness (QED) is 0.545. The molecule has 0 amide bonds. The molecule has 0 bridgehead atoms. The van der Waals surface area contributed by atoms with Gasteiger partial charge in [-0.25, -0.2) is 0 Å². The van der Waals surface area contributed by atoms with Crippen molar-refractivity contribution >= 4 is 0 Å². The summed E-state index contributed by atoms with van der Waals surface area (Å²) in [4.78, 5) is 0. The number of fused-ring (bicyclic) bond motifs is 1. The van der Waals surface area contributed by atoms with E-state index < -0.39 is 0 Å². The van der Waals surface area contributed by atoms with Gasteiger partial charge in [0, 0.05) is 17.3 Å². The summed E-state index contributed by atoms with van der Waals surface area (Å²) in [6.07, 6.45) is 9.63. The molecule has 0 aromatic rings. The minimum Gasteiger partial charge on any atom is -0.399 e. The first-order valence-electron chi connectivity index (χ1n) is 10.7. The fraction of sp³-hybridized carbons (Fsp3) is 0.538. The Morgan fingerprint density at radius 3 is 2.25 bits per heavy atom. The fourth-order valence-corrected chi connectivity index (χ4v) is 5.03. The van der Waals surface area contributed by atoms with Crippen LogP contribution in [-0.4, -0.2) is 0 Å². The second kappa shape index (κ2) is 9.03. The van der Waals surface area contributed by atoms with Gasteiger partial charge in [-0.05, 0) is 93.1 Å². The first-order chi connectivity index (χ1) is 13.1. The topological polar surface area (TPSA) is 52.0 Å². The molecule has 2 rings (SSSR count). The molecule has 4 atom stereocenters. The van der Waals surface area contributed by atoms with Gasteiger partial charge in [-0.2, -0.15) is 0 Å². The molecule has 28 heavy (non-hydrogen) atoms. The minimum atomic E-state index is 0.282. The maximum Gasteiger partial charge on any atom is 0.0373 e. The molecule has 0 heterocycles. The standard InChI is InChI=1S/C26H40N2/c1-15(2)25(27)17(4)13-16(3)24-14-18(5)26(28)21(8)19(6)20(7)22-11-9-10-12-23(22)24/h13-14,20,22-24H,3,6,9-12,27-28H2,1-2,4-5,7-8H3/b17-13-,18-14-,26-21+. The number of hydrogen-bond donors (Lipinski definition) is 2. The third-order valence-corrected chi connectivity index (χ3v) is 7.06. The van der Waals surface area contributed by atoms with Crippen molar-refractivity contribution in [2.75, 3.05) is 0 Å². The Kier molecular flexibility index (Phi) is 7.20. The SMILES string of the molecule is C=C1/C(C)=C(N)\C(C)=C/C(C(=C)/C=C(/C)C(N)=C(C)C)C2CCCCC2C1C. The third-order valence-electron chi connectivity index (χ3n) is 7.06. The van der Waals surface area contributed by atoms with Crippen LogP contribution in [0.25, 0.3) is 0 Å². The lowest BCUT2D eigenvalue weighted by molar-refractivity contribution is 0.163. The first-order valence-corrected chi connectivity index (χ1v) is 10.7. The van der Waals surface area contributed by atoms with Gasteiger partial charge in [-0.3, -0.25) is 0 Å². The van der Waals surface area contributed by atoms with E-state index in [4.69, 9.17) is 11.5 Å². The highest BCUT2D eigenvalue weighted by Crippen LogP contribution is 2.46. The highest BCUT2D eigenvalue weighted by Gasteiger charge is 2.37. The second-order valence-corrected chi connectivity index (χ2v) is 9.16. The molecule has 0 spiro atoms. The van der Waals surface area contributed by atoms with Crippen LogP contribution in [0.1, 0.15) is 67.2 Å². The Bertz CT molecular complexity index is 768. The molecule has 0 saturated heterocycles. The summed E-state index contributed by atoms with van der Waals surface area (Å²) < 4.78 is 0. The molecule has 4 unspecified atom stereocenters. The zero-order valence-electron chi connectivity index (χ0n) is 18.9. The van der Waals surface area contributed by atoms with Crippen molar-refractivity contribution in [3.63, 3.8) is 0 Å². The van der Waals surface area contributed by atoms with Crippen LogP contribution in [-0.2, 0) is 0 Å². The van der Waals surface area contributed by atoms with Gasteiger partial charge in [-0.1, -0.05) is 50.6 Å². The molecule has 2 nitrogen and oxygen atoms in total. The van der Waals surface area contributed by atoms with Crippen LogP contribution in [0, 0.1) is 23.7 Å². The van der Waals surface area contributed by atoms with Crippen molar-refractivity contribution in [2.45, 2.75) is 67.2 Å². The molecule has 0 aliphatic heterocycles. The van der Waals surface area contributed by atoms with E-state index in [0.717, 1.165) is 39.3 Å². The van der Waals surface area contributed by atoms with E-state index in [1.807, 2.05) is 0 Å². The zero-order valence-corrected chi connectivity index (χ0v) is 18.9. The number of hydrogen-bond acceptors (Lipinski definition) is 2. The van der Waals surface area contributed by atoms with E-state index in [-0.39, 0.29) is 5.92 Å². The largest absolute Gasteiger partial charge is 0.399 e. The molecule has 1 saturated carbocycles. The second-order valence-electron chi connectivity index (χ2n) is 9.16. The maximum atomic E-state index is 6.53. The van der Waals surface area contributed by atoms with Crippen LogP contribution in [0.5, 0.6) is 0 Å². The summed E-state index contributed by atoms with van der Waals surface area (Å²) in [7, 11) is 0. The van der Waals surface area contributed by atoms with Gasteiger partial charge in [-0.15, -0.1) is 0 Å². The van der Waals surface area contributed by atoms with Gasteiger partial charge >= 0.3 is 0 Å². The lowest BCUT2D eigenvalue weighted by Crippen LogP contribution is -2.31. The minimum absolute atomic E-state index is 0.282. The molecule has 2 aliphatic rings. The van der Waals surface area contributed by atoms with E-state index in [9.17, 15) is 0 Å². The predicted octanol–water partition coefficient (Wildman–Crippen LogP) is 6.55. The first kappa shape index (κ1) is 22.3. The highest BCUT2D eigenvalue weighted by atomic mass is 14.6. The Morgan fingerprint density at radius 1 is 1.11 bits per heavy atom. The van der Waals surface area contributed by atoms with Gasteiger partial charge < -0.3 is 11.5 Å². The Hall–Kier alpha value is -1.96. The molecule has 0 aromatic carbocycles. The summed E-state index contributed by atoms with van der Waals surface area (Å²) >= 11 is 0. The summed E-state index contributed by atoms with van der Waals surface area (Å²) in [6, 6.07) is 0. The Balaban J connectivity index is 2.56. The average molecular weight is 381 g/mol. The van der Waals surface area contributed by atoms with E-state index in [1.165, 1.54) is 31.3 Å². The normalized spacial score (nSPS) is 33.7. The number of rotatable bonds is 3. The summed E-state index contributed by atoms with van der Waals surface area (Å²) in [5.74, 6) is 1.90. The predicted molar refractivity (Wildman–Crippen MR) is 123 cm³/mol. The zero-order chi connectivity index (χ0) is 21.2.